The zero-order chi connectivity index (χ0) is 64.0. The molecule has 0 amide bonds. The maximum absolute atomic E-state index is 14.1. The zero-order valence-corrected chi connectivity index (χ0v) is 48.9. The van der Waals surface area contributed by atoms with Crippen LogP contribution in [0.2, 0.25) is 0 Å². The molecule has 14 N–H and O–H groups in total. The summed E-state index contributed by atoms with van der Waals surface area (Å²) in [5.74, 6) is -8.39. The molecule has 0 aliphatic carbocycles. The fourth-order valence-electron chi connectivity index (χ4n) is 10.2. The molecule has 19 atom stereocenters. The lowest BCUT2D eigenvalue weighted by atomic mass is 9.82. The molecule has 3 aromatic rings. The number of esters is 1. The van der Waals surface area contributed by atoms with Crippen LogP contribution in [0.4, 0.5) is 8.78 Å². The lowest BCUT2D eigenvalue weighted by molar-refractivity contribution is -0.308. The number of benzene rings is 1. The number of fused-ring (bicyclic) bond motifs is 2. The number of carboxylic acid groups (broad SMARTS) is 1. The second kappa shape index (κ2) is 34.6. The van der Waals surface area contributed by atoms with Crippen LogP contribution in [-0.4, -0.2) is 200 Å². The highest BCUT2D eigenvalue weighted by Crippen LogP contribution is 2.38. The quantitative estimate of drug-likeness (QED) is 0.142. The Balaban J connectivity index is 0.000000518. The van der Waals surface area contributed by atoms with Gasteiger partial charge in [0, 0.05) is 49.1 Å². The van der Waals surface area contributed by atoms with Gasteiger partial charge in [-0.15, -0.1) is 0 Å². The van der Waals surface area contributed by atoms with Gasteiger partial charge in [-0.25, -0.2) is 28.1 Å². The highest BCUT2D eigenvalue weighted by Gasteiger charge is 2.51. The molecule has 5 unspecified atom stereocenters. The first-order chi connectivity index (χ1) is 41.2. The van der Waals surface area contributed by atoms with E-state index in [0.29, 0.717) is 0 Å². The molecule has 0 saturated carbocycles. The first-order valence-electron chi connectivity index (χ1n) is 28.7. The van der Waals surface area contributed by atoms with E-state index in [2.05, 4.69) is 20.2 Å². The summed E-state index contributed by atoms with van der Waals surface area (Å²) >= 11 is 0. The maximum atomic E-state index is 14.1. The van der Waals surface area contributed by atoms with Crippen molar-refractivity contribution in [2.45, 2.75) is 195 Å². The molecule has 87 heavy (non-hydrogen) atoms. The predicted molar refractivity (Wildman–Crippen MR) is 307 cm³/mol. The number of cyclic esters (lactones) is 1. The fourth-order valence-corrected chi connectivity index (χ4v) is 10.2. The summed E-state index contributed by atoms with van der Waals surface area (Å²) in [6.07, 6.45) is 8.94. The SMILES string of the molecule is CC1OC(O[C@H]2/C=C/C=C/C=C/C=C/C=C/C=C/C=C/[C@H](C)[C@@H](O)[C@H](C)[C@H](C)OC(=O)C[C@H](O)C[C@H](O)[C@@H](O)CC[C@H](O)C[C@H](O)C[C@]3(O)C[C@H](O)[C@@H](C(=O)O)[C@H](C2)O3)C(O)C(N)C1O.OC(Cn1cncn1)(Cn1cncn1)c1ccc(F)cc1F. The Morgan fingerprint density at radius 3 is 1.84 bits per heavy atom. The zero-order valence-electron chi connectivity index (χ0n) is 48.9. The van der Waals surface area contributed by atoms with E-state index in [1.165, 1.54) is 53.7 Å². The van der Waals surface area contributed by atoms with Crippen LogP contribution in [0.3, 0.4) is 0 Å². The van der Waals surface area contributed by atoms with Gasteiger partial charge in [-0.3, -0.25) is 9.59 Å². The van der Waals surface area contributed by atoms with Gasteiger partial charge in [-0.1, -0.05) is 105 Å². The summed E-state index contributed by atoms with van der Waals surface area (Å²) in [5, 5.41) is 137. The standard InChI is InChI=1S/C47H73NO17.C13H12F2N6O/c1-27-17-15-13-11-9-7-5-6-8-10-12-14-16-18-34(64-46-44(58)41(48)43(57)30(4)63-46)24-38-40(45(59)60)37(54)26-47(61,65-38)25-33(51)21-31(49)19-20-35(52)36(53)22-32(50)23-39(55)62-29(3)28(2)42(27)56;14-10-1-2-11(12(15)3-10)13(22,4-20-8-16-6-18-20)5-21-9-17-7-19-21/h5-18,27-38,40-44,46,49-54,56-58,61H,19-26,48H2,1-4H3,(H,59,60);1-3,6-9,22H,4-5H2/b6-5+,9-7+,10-8+,13-11+,14-12+,17-15+,18-16+;/t27-,28+,29-,30?,31-,32+,33-,34-,35-,36-,37-,38-,40+,41?,42+,43?,44?,46?,47+;/m0./s1. The Labute approximate surface area is 503 Å². The van der Waals surface area contributed by atoms with Crippen molar-refractivity contribution >= 4 is 11.9 Å². The highest BCUT2D eigenvalue weighted by molar-refractivity contribution is 5.71. The van der Waals surface area contributed by atoms with Crippen LogP contribution in [0.25, 0.3) is 0 Å². The molecule has 2 saturated heterocycles. The maximum Gasteiger partial charge on any atom is 0.311 e. The van der Waals surface area contributed by atoms with Crippen LogP contribution in [0.5, 0.6) is 0 Å². The fraction of sp³-hybridized carbons (Fsp3) is 0.567. The van der Waals surface area contributed by atoms with E-state index in [9.17, 15) is 79.6 Å². The largest absolute Gasteiger partial charge is 0.481 e. The number of aliphatic carboxylic acids is 1. The number of carbonyl (C=O) groups is 2. The van der Waals surface area contributed by atoms with Crippen molar-refractivity contribution in [2.75, 3.05) is 0 Å². The van der Waals surface area contributed by atoms with Crippen molar-refractivity contribution < 1.29 is 98.6 Å². The number of aliphatic hydroxyl groups is 11. The second-order valence-corrected chi connectivity index (χ2v) is 22.4. The first kappa shape index (κ1) is 71.6. The van der Waals surface area contributed by atoms with E-state index in [-0.39, 0.29) is 50.3 Å². The third-order valence-electron chi connectivity index (χ3n) is 15.2. The minimum absolute atomic E-state index is 0.0556. The Bertz CT molecular complexity index is 2730. The molecule has 2 aromatic heterocycles. The summed E-state index contributed by atoms with van der Waals surface area (Å²) < 4.78 is 53.1. The van der Waals surface area contributed by atoms with Crippen molar-refractivity contribution in [3.05, 3.63) is 146 Å². The Hall–Kier alpha value is -6.12. The Morgan fingerprint density at radius 2 is 1.29 bits per heavy atom. The summed E-state index contributed by atoms with van der Waals surface area (Å²) in [6, 6.07) is 1.88. The van der Waals surface area contributed by atoms with Gasteiger partial charge in [-0.05, 0) is 39.2 Å². The monoisotopic (exact) mass is 1230 g/mol. The number of carbonyl (C=O) groups excluding carboxylic acids is 1. The highest BCUT2D eigenvalue weighted by atomic mass is 19.1. The van der Waals surface area contributed by atoms with Crippen LogP contribution >= 0.6 is 0 Å². The minimum atomic E-state index is -2.29. The summed E-state index contributed by atoms with van der Waals surface area (Å²) in [4.78, 5) is 32.7. The van der Waals surface area contributed by atoms with Crippen LogP contribution in [0.15, 0.2) is 129 Å². The third-order valence-corrected chi connectivity index (χ3v) is 15.2. The molecule has 482 valence electrons. The number of aromatic nitrogens is 6. The topological polar surface area (TPSA) is 401 Å². The van der Waals surface area contributed by atoms with Gasteiger partial charge in [0.2, 0.25) is 0 Å². The van der Waals surface area contributed by atoms with Crippen LogP contribution in [0, 0.1) is 29.4 Å². The summed E-state index contributed by atoms with van der Waals surface area (Å²) in [5.41, 5.74) is 4.27. The molecule has 3 aliphatic heterocycles. The lowest BCUT2D eigenvalue weighted by Gasteiger charge is -2.45. The van der Waals surface area contributed by atoms with E-state index < -0.39 is 164 Å². The molecule has 27 heteroatoms. The van der Waals surface area contributed by atoms with Gasteiger partial charge in [-0.2, -0.15) is 10.2 Å². The molecular formula is C60H85F2N7O18. The van der Waals surface area contributed by atoms with Crippen LogP contribution in [0.1, 0.15) is 84.6 Å². The van der Waals surface area contributed by atoms with Gasteiger partial charge >= 0.3 is 11.9 Å². The van der Waals surface area contributed by atoms with E-state index in [0.717, 1.165) is 12.1 Å². The molecule has 2 bridgehead atoms. The molecule has 5 heterocycles. The number of rotatable bonds is 8. The van der Waals surface area contributed by atoms with Crippen molar-refractivity contribution in [3.63, 3.8) is 0 Å². The number of aliphatic hydroxyl groups excluding tert-OH is 9. The number of allylic oxidation sites excluding steroid dienone is 12. The number of halogens is 2. The minimum Gasteiger partial charge on any atom is -0.481 e. The van der Waals surface area contributed by atoms with Gasteiger partial charge in [0.25, 0.3) is 0 Å². The van der Waals surface area contributed by atoms with E-state index in [4.69, 9.17) is 24.7 Å². The average Bonchev–Trinajstić information content (AvgIpc) is 3.47. The number of ether oxygens (including phenoxy) is 4. The van der Waals surface area contributed by atoms with Gasteiger partial charge in [0.05, 0.1) is 92.7 Å². The number of nitrogens with two attached hydrogens (primary N) is 1. The van der Waals surface area contributed by atoms with E-state index in [1.54, 1.807) is 86.8 Å². The molecular weight excluding hydrogens is 1140 g/mol. The number of hydrogen-bond acceptors (Lipinski definition) is 22. The molecule has 1 aromatic carbocycles. The molecule has 2 fully saturated rings. The summed E-state index contributed by atoms with van der Waals surface area (Å²) in [6.45, 7) is 6.57. The molecule has 0 radical (unpaired) electrons. The predicted octanol–water partition coefficient (Wildman–Crippen LogP) is 1.45. The number of nitrogens with zero attached hydrogens (tertiary/aromatic N) is 6. The van der Waals surface area contributed by atoms with Crippen molar-refractivity contribution in [1.29, 1.82) is 0 Å². The molecule has 6 rings (SSSR count). The van der Waals surface area contributed by atoms with E-state index >= 15 is 0 Å². The smallest absolute Gasteiger partial charge is 0.311 e. The average molecular weight is 1230 g/mol. The summed E-state index contributed by atoms with van der Waals surface area (Å²) in [7, 11) is 0. The van der Waals surface area contributed by atoms with Gasteiger partial charge < -0.3 is 86.0 Å². The van der Waals surface area contributed by atoms with Crippen LogP contribution < -0.4 is 5.73 Å². The van der Waals surface area contributed by atoms with E-state index in [1.807, 2.05) is 13.0 Å². The molecule has 0 spiro atoms. The van der Waals surface area contributed by atoms with Crippen molar-refractivity contribution in [1.82, 2.24) is 29.5 Å². The molecule has 25 nitrogen and oxygen atoms in total. The lowest BCUT2D eigenvalue weighted by Crippen LogP contribution is -2.61. The van der Waals surface area contributed by atoms with Crippen LogP contribution in [-0.2, 0) is 47.2 Å². The van der Waals surface area contributed by atoms with Crippen molar-refractivity contribution in [2.24, 2.45) is 23.5 Å². The number of hydrogen-bond donors (Lipinski definition) is 13. The van der Waals surface area contributed by atoms with Gasteiger partial charge in [0.1, 0.15) is 60.7 Å². The Kier molecular flexibility index (Phi) is 28.5. The third kappa shape index (κ3) is 22.8. The Morgan fingerprint density at radius 1 is 0.713 bits per heavy atom. The second-order valence-electron chi connectivity index (χ2n) is 22.4. The normalized spacial score (nSPS) is 37.0. The van der Waals surface area contributed by atoms with Gasteiger partial charge in [0.15, 0.2) is 12.1 Å². The van der Waals surface area contributed by atoms with Crippen molar-refractivity contribution in [3.8, 4) is 0 Å². The number of carboxylic acids is 1. The first-order valence-corrected chi connectivity index (χ1v) is 28.7. The molecule has 3 aliphatic rings.